The largest absolute Gasteiger partial charge is 0.497 e. The molecular weight excluding hydrogens is 434 g/mol. The smallest absolute Gasteiger partial charge is 0.387 e. The van der Waals surface area contributed by atoms with Gasteiger partial charge in [0.05, 0.1) is 13.4 Å². The summed E-state index contributed by atoms with van der Waals surface area (Å²) >= 11 is 0. The molecule has 3 rings (SSSR count). The van der Waals surface area contributed by atoms with E-state index >= 15 is 0 Å². The van der Waals surface area contributed by atoms with E-state index in [4.69, 9.17) is 9.15 Å². The first-order chi connectivity index (χ1) is 15.8. The minimum Gasteiger partial charge on any atom is -0.497 e. The average Bonchev–Trinajstić information content (AvgIpc) is 3.33. The van der Waals surface area contributed by atoms with Gasteiger partial charge in [0.15, 0.2) is 5.76 Å². The highest BCUT2D eigenvalue weighted by Crippen LogP contribution is 2.34. The molecule has 0 aliphatic heterocycles. The number of ether oxygens (including phenoxy) is 2. The van der Waals surface area contributed by atoms with Gasteiger partial charge in [0.1, 0.15) is 17.5 Å². The molecule has 0 saturated carbocycles. The van der Waals surface area contributed by atoms with E-state index in [9.17, 15) is 18.4 Å². The second kappa shape index (κ2) is 10.6. The Kier molecular flexibility index (Phi) is 7.66. The molecule has 0 radical (unpaired) electrons. The van der Waals surface area contributed by atoms with E-state index in [1.165, 1.54) is 37.6 Å². The maximum atomic E-state index is 12.9. The van der Waals surface area contributed by atoms with Gasteiger partial charge in [-0.3, -0.25) is 9.59 Å². The first-order valence-electron chi connectivity index (χ1n) is 10.2. The minimum absolute atomic E-state index is 0.0419. The van der Waals surface area contributed by atoms with Crippen LogP contribution in [0.15, 0.2) is 65.3 Å². The molecule has 0 saturated heterocycles. The average molecular weight is 458 g/mol. The van der Waals surface area contributed by atoms with E-state index in [2.05, 4.69) is 15.4 Å². The molecule has 0 aliphatic carbocycles. The number of amides is 2. The molecule has 9 heteroatoms. The third-order valence-corrected chi connectivity index (χ3v) is 4.84. The van der Waals surface area contributed by atoms with Crippen LogP contribution in [0.25, 0.3) is 11.1 Å². The van der Waals surface area contributed by atoms with Crippen LogP contribution in [0.2, 0.25) is 0 Å². The standard InChI is InChI=1S/C24H24F2N2O5/c1-14(2)21(28-22(29)20-5-4-12-32-20)23(30)27-16-8-11-19(33-24(25)26)18(13-16)15-6-9-17(31-3)10-7-15/h4-14,21,24H,1-3H3,(H,27,30)(H,28,29)/t21-/m0/s1. The van der Waals surface area contributed by atoms with Gasteiger partial charge in [-0.25, -0.2) is 0 Å². The molecule has 33 heavy (non-hydrogen) atoms. The summed E-state index contributed by atoms with van der Waals surface area (Å²) in [7, 11) is 1.52. The van der Waals surface area contributed by atoms with Crippen molar-refractivity contribution in [3.05, 3.63) is 66.6 Å². The van der Waals surface area contributed by atoms with Crippen molar-refractivity contribution in [2.24, 2.45) is 5.92 Å². The van der Waals surface area contributed by atoms with Crippen LogP contribution in [0, 0.1) is 5.92 Å². The molecule has 1 heterocycles. The molecule has 2 aromatic carbocycles. The number of rotatable bonds is 9. The minimum atomic E-state index is -3.01. The fourth-order valence-electron chi connectivity index (χ4n) is 3.18. The molecule has 3 aromatic rings. The summed E-state index contributed by atoms with van der Waals surface area (Å²) < 4.78 is 40.7. The SMILES string of the molecule is COc1ccc(-c2cc(NC(=O)[C@@H](NC(=O)c3ccco3)C(C)C)ccc2OC(F)F)cc1. The zero-order valence-corrected chi connectivity index (χ0v) is 18.3. The molecule has 7 nitrogen and oxygen atoms in total. The van der Waals surface area contributed by atoms with E-state index < -0.39 is 24.5 Å². The summed E-state index contributed by atoms with van der Waals surface area (Å²) in [5.74, 6) is -0.567. The first kappa shape index (κ1) is 23.8. The van der Waals surface area contributed by atoms with Crippen LogP contribution in [0.5, 0.6) is 11.5 Å². The van der Waals surface area contributed by atoms with Crippen molar-refractivity contribution in [3.8, 4) is 22.6 Å². The van der Waals surface area contributed by atoms with Gasteiger partial charge in [0, 0.05) is 11.3 Å². The second-order valence-corrected chi connectivity index (χ2v) is 7.48. The highest BCUT2D eigenvalue weighted by molar-refractivity contribution is 6.00. The number of alkyl halides is 2. The maximum absolute atomic E-state index is 12.9. The van der Waals surface area contributed by atoms with Crippen molar-refractivity contribution in [1.82, 2.24) is 5.32 Å². The zero-order valence-electron chi connectivity index (χ0n) is 18.3. The number of carbonyl (C=O) groups is 2. The van der Waals surface area contributed by atoms with Crippen LogP contribution in [0.4, 0.5) is 14.5 Å². The van der Waals surface area contributed by atoms with Crippen LogP contribution in [-0.4, -0.2) is 31.6 Å². The summed E-state index contributed by atoms with van der Waals surface area (Å²) in [4.78, 5) is 25.3. The van der Waals surface area contributed by atoms with Crippen molar-refractivity contribution in [3.63, 3.8) is 0 Å². The van der Waals surface area contributed by atoms with Gasteiger partial charge < -0.3 is 24.5 Å². The molecule has 0 unspecified atom stereocenters. The number of hydrogen-bond acceptors (Lipinski definition) is 5. The predicted octanol–water partition coefficient (Wildman–Crippen LogP) is 4.95. The van der Waals surface area contributed by atoms with Crippen molar-refractivity contribution < 1.29 is 32.3 Å². The molecule has 0 bridgehead atoms. The molecule has 174 valence electrons. The summed E-state index contributed by atoms with van der Waals surface area (Å²) in [5, 5.41) is 5.39. The lowest BCUT2D eigenvalue weighted by Gasteiger charge is -2.21. The number of methoxy groups -OCH3 is 1. The number of benzene rings is 2. The third-order valence-electron chi connectivity index (χ3n) is 4.84. The first-order valence-corrected chi connectivity index (χ1v) is 10.2. The summed E-state index contributed by atoms with van der Waals surface area (Å²) in [6.45, 7) is 0.564. The highest BCUT2D eigenvalue weighted by Gasteiger charge is 2.26. The van der Waals surface area contributed by atoms with Crippen LogP contribution in [-0.2, 0) is 4.79 Å². The lowest BCUT2D eigenvalue weighted by molar-refractivity contribution is -0.118. The fraction of sp³-hybridized carbons (Fsp3) is 0.250. The molecule has 2 N–H and O–H groups in total. The Morgan fingerprint density at radius 2 is 1.76 bits per heavy atom. The summed E-state index contributed by atoms with van der Waals surface area (Å²) in [5.41, 5.74) is 1.30. The Balaban J connectivity index is 1.85. The van der Waals surface area contributed by atoms with E-state index in [-0.39, 0.29) is 17.4 Å². The molecule has 0 fully saturated rings. The molecule has 1 aromatic heterocycles. The lowest BCUT2D eigenvalue weighted by atomic mass is 10.0. The molecule has 1 atom stereocenters. The number of nitrogens with one attached hydrogen (secondary N) is 2. The van der Waals surface area contributed by atoms with Gasteiger partial charge in [0.25, 0.3) is 5.91 Å². The summed E-state index contributed by atoms with van der Waals surface area (Å²) in [6.07, 6.45) is 1.36. The normalized spacial score (nSPS) is 11.8. The fourth-order valence-corrected chi connectivity index (χ4v) is 3.18. The monoisotopic (exact) mass is 458 g/mol. The Labute approximate surface area is 189 Å². The number of hydrogen-bond donors (Lipinski definition) is 2. The van der Waals surface area contributed by atoms with Gasteiger partial charge in [0.2, 0.25) is 5.91 Å². The van der Waals surface area contributed by atoms with Gasteiger partial charge in [-0.05, 0) is 53.9 Å². The van der Waals surface area contributed by atoms with E-state index in [0.29, 0.717) is 22.6 Å². The van der Waals surface area contributed by atoms with Crippen LogP contribution >= 0.6 is 0 Å². The van der Waals surface area contributed by atoms with Gasteiger partial charge in [-0.15, -0.1) is 0 Å². The molecule has 2 amide bonds. The number of halogens is 2. The zero-order chi connectivity index (χ0) is 24.0. The third kappa shape index (κ3) is 6.09. The van der Waals surface area contributed by atoms with Gasteiger partial charge >= 0.3 is 6.61 Å². The molecule has 0 aliphatic rings. The summed E-state index contributed by atoms with van der Waals surface area (Å²) in [6, 6.07) is 13.3. The quantitative estimate of drug-likeness (QED) is 0.474. The van der Waals surface area contributed by atoms with Gasteiger partial charge in [-0.2, -0.15) is 8.78 Å². The van der Waals surface area contributed by atoms with Gasteiger partial charge in [-0.1, -0.05) is 26.0 Å². The Bertz CT molecular complexity index is 1080. The Hall–Kier alpha value is -3.88. The number of furan rings is 1. The topological polar surface area (TPSA) is 89.8 Å². The maximum Gasteiger partial charge on any atom is 0.387 e. The number of anilines is 1. The van der Waals surface area contributed by atoms with E-state index in [1.54, 1.807) is 44.2 Å². The van der Waals surface area contributed by atoms with Crippen molar-refractivity contribution in [2.75, 3.05) is 12.4 Å². The molecule has 0 spiro atoms. The Morgan fingerprint density at radius 3 is 2.33 bits per heavy atom. The van der Waals surface area contributed by atoms with Crippen LogP contribution < -0.4 is 20.1 Å². The van der Waals surface area contributed by atoms with E-state index in [1.807, 2.05) is 0 Å². The Morgan fingerprint density at radius 1 is 1.03 bits per heavy atom. The highest BCUT2D eigenvalue weighted by atomic mass is 19.3. The van der Waals surface area contributed by atoms with E-state index in [0.717, 1.165) is 0 Å². The van der Waals surface area contributed by atoms with Crippen LogP contribution in [0.1, 0.15) is 24.4 Å². The second-order valence-electron chi connectivity index (χ2n) is 7.48. The lowest BCUT2D eigenvalue weighted by Crippen LogP contribution is -2.47. The van der Waals surface area contributed by atoms with Crippen LogP contribution in [0.3, 0.4) is 0 Å². The van der Waals surface area contributed by atoms with Crippen molar-refractivity contribution >= 4 is 17.5 Å². The van der Waals surface area contributed by atoms with Crippen molar-refractivity contribution in [2.45, 2.75) is 26.5 Å². The van der Waals surface area contributed by atoms with Crippen molar-refractivity contribution in [1.29, 1.82) is 0 Å². The number of carbonyl (C=O) groups excluding carboxylic acids is 2. The predicted molar refractivity (Wildman–Crippen MR) is 118 cm³/mol. The molecular formula is C24H24F2N2O5.